The number of amides is 1. The van der Waals surface area contributed by atoms with Crippen LogP contribution >= 0.6 is 0 Å². The Hall–Kier alpha value is -3.30. The Morgan fingerprint density at radius 2 is 2.07 bits per heavy atom. The van der Waals surface area contributed by atoms with Crippen molar-refractivity contribution in [3.63, 3.8) is 0 Å². The summed E-state index contributed by atoms with van der Waals surface area (Å²) in [6, 6.07) is 7.70. The second kappa shape index (κ2) is 7.75. The molecule has 0 aliphatic carbocycles. The number of H-pyrrole nitrogens is 1. The Bertz CT molecular complexity index is 965. The molecular formula is C18H17F3N4O3. The van der Waals surface area contributed by atoms with Gasteiger partial charge in [-0.25, -0.2) is 0 Å². The average molecular weight is 394 g/mol. The van der Waals surface area contributed by atoms with Gasteiger partial charge >= 0.3 is 6.18 Å². The lowest BCUT2D eigenvalue weighted by Gasteiger charge is -2.13. The van der Waals surface area contributed by atoms with E-state index in [9.17, 15) is 18.0 Å². The van der Waals surface area contributed by atoms with E-state index in [0.717, 1.165) is 17.8 Å². The molecule has 1 amide bonds. The molecule has 0 atom stereocenters. The van der Waals surface area contributed by atoms with Crippen molar-refractivity contribution < 1.29 is 27.2 Å². The van der Waals surface area contributed by atoms with Crippen LogP contribution in [0.3, 0.4) is 0 Å². The number of alkyl halides is 3. The molecule has 0 fully saturated rings. The van der Waals surface area contributed by atoms with E-state index in [1.54, 1.807) is 7.05 Å². The highest BCUT2D eigenvalue weighted by molar-refractivity contribution is 5.92. The summed E-state index contributed by atoms with van der Waals surface area (Å²) in [5.41, 5.74) is 0.835. The van der Waals surface area contributed by atoms with Crippen molar-refractivity contribution >= 4 is 5.91 Å². The van der Waals surface area contributed by atoms with Crippen LogP contribution in [0.15, 0.2) is 40.9 Å². The largest absolute Gasteiger partial charge is 0.486 e. The number of aromatic nitrogens is 3. The Kier molecular flexibility index (Phi) is 5.39. The van der Waals surface area contributed by atoms with Crippen LogP contribution in [0, 0.1) is 6.92 Å². The van der Waals surface area contributed by atoms with E-state index in [0.29, 0.717) is 5.69 Å². The smallest absolute Gasteiger partial charge is 0.416 e. The molecule has 0 radical (unpaired) electrons. The van der Waals surface area contributed by atoms with E-state index in [4.69, 9.17) is 9.26 Å². The van der Waals surface area contributed by atoms with E-state index in [-0.39, 0.29) is 36.3 Å². The third-order valence-corrected chi connectivity index (χ3v) is 3.83. The molecule has 2 heterocycles. The maximum absolute atomic E-state index is 12.7. The number of hydrogen-bond acceptors (Lipinski definition) is 5. The number of carbonyl (C=O) groups excluding carboxylic acids is 1. The topological polar surface area (TPSA) is 84.2 Å². The van der Waals surface area contributed by atoms with Crippen LogP contribution < -0.4 is 4.74 Å². The Morgan fingerprint density at radius 3 is 2.75 bits per heavy atom. The number of aromatic amines is 1. The first kappa shape index (κ1) is 19.5. The molecule has 0 spiro atoms. The number of hydrogen-bond donors (Lipinski definition) is 1. The average Bonchev–Trinajstić information content (AvgIpc) is 3.28. The van der Waals surface area contributed by atoms with Crippen molar-refractivity contribution in [2.45, 2.75) is 26.3 Å². The minimum atomic E-state index is -4.46. The Balaban J connectivity index is 1.60. The fourth-order valence-corrected chi connectivity index (χ4v) is 2.46. The SMILES string of the molecule is Cc1cc(CN(C)C(=O)c2cc(COc3cccc(C(F)(F)F)c3)on2)n[nH]1. The predicted molar refractivity (Wildman–Crippen MR) is 91.4 cm³/mol. The van der Waals surface area contributed by atoms with Gasteiger partial charge in [0, 0.05) is 18.8 Å². The van der Waals surface area contributed by atoms with Crippen LogP contribution in [-0.4, -0.2) is 33.2 Å². The van der Waals surface area contributed by atoms with E-state index in [1.807, 2.05) is 13.0 Å². The number of ether oxygens (including phenoxy) is 1. The van der Waals surface area contributed by atoms with Gasteiger partial charge in [-0.3, -0.25) is 9.89 Å². The van der Waals surface area contributed by atoms with Crippen LogP contribution in [0.5, 0.6) is 5.75 Å². The van der Waals surface area contributed by atoms with Crippen LogP contribution in [-0.2, 0) is 19.3 Å². The Labute approximate surface area is 158 Å². The lowest BCUT2D eigenvalue weighted by molar-refractivity contribution is -0.137. The number of benzene rings is 1. The van der Waals surface area contributed by atoms with Gasteiger partial charge in [0.25, 0.3) is 5.91 Å². The minimum Gasteiger partial charge on any atom is -0.486 e. The molecule has 148 valence electrons. The van der Waals surface area contributed by atoms with Gasteiger partial charge < -0.3 is 14.2 Å². The molecule has 1 N–H and O–H groups in total. The van der Waals surface area contributed by atoms with E-state index in [1.165, 1.54) is 23.1 Å². The molecule has 0 aliphatic heterocycles. The van der Waals surface area contributed by atoms with Gasteiger partial charge in [0.15, 0.2) is 11.5 Å². The van der Waals surface area contributed by atoms with Gasteiger partial charge in [-0.05, 0) is 31.2 Å². The number of carbonyl (C=O) groups is 1. The zero-order chi connectivity index (χ0) is 20.3. The van der Waals surface area contributed by atoms with Crippen LogP contribution in [0.25, 0.3) is 0 Å². The molecule has 3 aromatic rings. The highest BCUT2D eigenvalue weighted by Crippen LogP contribution is 2.31. The molecule has 0 unspecified atom stereocenters. The standard InChI is InChI=1S/C18H17F3N4O3/c1-11-6-13(23-22-11)9-25(2)17(26)16-8-15(28-24-16)10-27-14-5-3-4-12(7-14)18(19,20)21/h3-8H,9-10H2,1-2H3,(H,22,23). The molecule has 0 bridgehead atoms. The van der Waals surface area contributed by atoms with Gasteiger partial charge in [-0.2, -0.15) is 18.3 Å². The molecule has 3 rings (SSSR count). The van der Waals surface area contributed by atoms with Crippen LogP contribution in [0.4, 0.5) is 13.2 Å². The highest BCUT2D eigenvalue weighted by Gasteiger charge is 2.30. The van der Waals surface area contributed by atoms with Gasteiger partial charge in [0.2, 0.25) is 0 Å². The van der Waals surface area contributed by atoms with Gasteiger partial charge in [-0.15, -0.1) is 0 Å². The predicted octanol–water partition coefficient (Wildman–Crippen LogP) is 3.58. The fraction of sp³-hybridized carbons (Fsp3) is 0.278. The lowest BCUT2D eigenvalue weighted by Crippen LogP contribution is -2.26. The summed E-state index contributed by atoms with van der Waals surface area (Å²) in [5.74, 6) is -0.135. The number of halogens is 3. The van der Waals surface area contributed by atoms with Crippen LogP contribution in [0.2, 0.25) is 0 Å². The Morgan fingerprint density at radius 1 is 1.29 bits per heavy atom. The minimum absolute atomic E-state index is 0.0325. The molecule has 28 heavy (non-hydrogen) atoms. The number of aryl methyl sites for hydroxylation is 1. The first-order valence-electron chi connectivity index (χ1n) is 8.24. The van der Waals surface area contributed by atoms with Gasteiger partial charge in [-0.1, -0.05) is 11.2 Å². The summed E-state index contributed by atoms with van der Waals surface area (Å²) in [6.07, 6.45) is -4.46. The summed E-state index contributed by atoms with van der Waals surface area (Å²) in [7, 11) is 1.60. The maximum atomic E-state index is 12.7. The molecule has 0 saturated carbocycles. The first-order valence-corrected chi connectivity index (χ1v) is 8.24. The van der Waals surface area contributed by atoms with Crippen molar-refractivity contribution in [1.29, 1.82) is 0 Å². The van der Waals surface area contributed by atoms with Gasteiger partial charge in [0.1, 0.15) is 12.4 Å². The summed E-state index contributed by atoms with van der Waals surface area (Å²) in [6.45, 7) is 1.97. The van der Waals surface area contributed by atoms with E-state index in [2.05, 4.69) is 15.4 Å². The first-order chi connectivity index (χ1) is 13.2. The summed E-state index contributed by atoms with van der Waals surface area (Å²) in [4.78, 5) is 13.8. The van der Waals surface area contributed by atoms with Crippen molar-refractivity contribution in [1.82, 2.24) is 20.3 Å². The third-order valence-electron chi connectivity index (χ3n) is 3.83. The zero-order valence-electron chi connectivity index (χ0n) is 15.1. The highest BCUT2D eigenvalue weighted by atomic mass is 19.4. The molecule has 1 aromatic carbocycles. The molecule has 0 aliphatic rings. The quantitative estimate of drug-likeness (QED) is 0.691. The lowest BCUT2D eigenvalue weighted by atomic mass is 10.2. The second-order valence-electron chi connectivity index (χ2n) is 6.20. The molecule has 10 heteroatoms. The van der Waals surface area contributed by atoms with Crippen molar-refractivity contribution in [3.8, 4) is 5.75 Å². The zero-order valence-corrected chi connectivity index (χ0v) is 15.1. The summed E-state index contributed by atoms with van der Waals surface area (Å²) >= 11 is 0. The number of nitrogens with one attached hydrogen (secondary N) is 1. The van der Waals surface area contributed by atoms with Crippen molar-refractivity contribution in [3.05, 3.63) is 64.8 Å². The number of nitrogens with zero attached hydrogens (tertiary/aromatic N) is 3. The van der Waals surface area contributed by atoms with E-state index < -0.39 is 11.7 Å². The van der Waals surface area contributed by atoms with Crippen molar-refractivity contribution in [2.24, 2.45) is 0 Å². The normalized spacial score (nSPS) is 11.5. The monoisotopic (exact) mass is 394 g/mol. The summed E-state index contributed by atoms with van der Waals surface area (Å²) in [5, 5.41) is 10.6. The molecular weight excluding hydrogens is 377 g/mol. The molecule has 7 nitrogen and oxygen atoms in total. The summed E-state index contributed by atoms with van der Waals surface area (Å²) < 4.78 is 48.5. The van der Waals surface area contributed by atoms with E-state index >= 15 is 0 Å². The van der Waals surface area contributed by atoms with Crippen LogP contribution in [0.1, 0.15) is 33.2 Å². The third kappa shape index (κ3) is 4.70. The fourth-order valence-electron chi connectivity index (χ4n) is 2.46. The van der Waals surface area contributed by atoms with Gasteiger partial charge in [0.05, 0.1) is 17.8 Å². The maximum Gasteiger partial charge on any atom is 0.416 e. The molecule has 2 aromatic heterocycles. The second-order valence-corrected chi connectivity index (χ2v) is 6.20. The molecule has 0 saturated heterocycles. The van der Waals surface area contributed by atoms with Crippen molar-refractivity contribution in [2.75, 3.05) is 7.05 Å². The number of rotatable bonds is 6.